The van der Waals surface area contributed by atoms with Crippen molar-refractivity contribution in [2.75, 3.05) is 6.54 Å². The highest BCUT2D eigenvalue weighted by atomic mass is 79.9. The lowest BCUT2D eigenvalue weighted by atomic mass is 9.83. The van der Waals surface area contributed by atoms with Gasteiger partial charge in [0.15, 0.2) is 0 Å². The van der Waals surface area contributed by atoms with Crippen molar-refractivity contribution in [2.45, 2.75) is 63.0 Å². The Morgan fingerprint density at radius 2 is 2.00 bits per heavy atom. The van der Waals surface area contributed by atoms with Crippen molar-refractivity contribution in [3.63, 3.8) is 0 Å². The first kappa shape index (κ1) is 14.6. The molecule has 1 fully saturated rings. The zero-order valence-corrected chi connectivity index (χ0v) is 13.6. The van der Waals surface area contributed by atoms with Crippen molar-refractivity contribution >= 4 is 15.9 Å². The van der Waals surface area contributed by atoms with Crippen molar-refractivity contribution in [1.82, 2.24) is 5.32 Å². The third-order valence-electron chi connectivity index (χ3n) is 4.90. The summed E-state index contributed by atoms with van der Waals surface area (Å²) < 4.78 is 1.18. The first-order valence-corrected chi connectivity index (χ1v) is 8.67. The fourth-order valence-corrected chi connectivity index (χ4v) is 4.03. The van der Waals surface area contributed by atoms with Crippen LogP contribution in [0.3, 0.4) is 0 Å². The van der Waals surface area contributed by atoms with E-state index in [-0.39, 0.29) is 0 Å². The molecule has 0 amide bonds. The average molecular weight is 338 g/mol. The van der Waals surface area contributed by atoms with E-state index in [0.717, 1.165) is 32.2 Å². The van der Waals surface area contributed by atoms with Crippen LogP contribution in [0.2, 0.25) is 0 Å². The Balaban J connectivity index is 1.56. The average Bonchev–Trinajstić information content (AvgIpc) is 2.46. The summed E-state index contributed by atoms with van der Waals surface area (Å²) in [5.41, 5.74) is 2.50. The van der Waals surface area contributed by atoms with Gasteiger partial charge >= 0.3 is 0 Å². The molecule has 2 aliphatic carbocycles. The SMILES string of the molecule is OC1(CNC2CCc3cc(Br)ccc3C2)CCCCC1. The number of benzene rings is 1. The molecule has 3 rings (SSSR count). The molecule has 2 aliphatic rings. The van der Waals surface area contributed by atoms with Crippen molar-refractivity contribution in [3.8, 4) is 0 Å². The minimum absolute atomic E-state index is 0.446. The molecule has 0 aliphatic heterocycles. The van der Waals surface area contributed by atoms with Crippen molar-refractivity contribution in [2.24, 2.45) is 0 Å². The number of fused-ring (bicyclic) bond motifs is 1. The van der Waals surface area contributed by atoms with Gasteiger partial charge in [0.1, 0.15) is 0 Å². The number of nitrogens with one attached hydrogen (secondary N) is 1. The highest BCUT2D eigenvalue weighted by Crippen LogP contribution is 2.29. The van der Waals surface area contributed by atoms with Crippen LogP contribution in [0.4, 0.5) is 0 Å². The minimum Gasteiger partial charge on any atom is -0.389 e. The van der Waals surface area contributed by atoms with Crippen molar-refractivity contribution in [3.05, 3.63) is 33.8 Å². The maximum Gasteiger partial charge on any atom is 0.0771 e. The highest BCUT2D eigenvalue weighted by molar-refractivity contribution is 9.10. The molecule has 20 heavy (non-hydrogen) atoms. The largest absolute Gasteiger partial charge is 0.389 e. The lowest BCUT2D eigenvalue weighted by Gasteiger charge is -2.35. The second-order valence-corrected chi connectivity index (χ2v) is 7.43. The maximum atomic E-state index is 10.6. The van der Waals surface area contributed by atoms with Gasteiger partial charge in [0, 0.05) is 17.1 Å². The van der Waals surface area contributed by atoms with Crippen molar-refractivity contribution < 1.29 is 5.11 Å². The predicted octanol–water partition coefficient (Wildman–Crippen LogP) is 3.59. The van der Waals surface area contributed by atoms with Crippen LogP contribution in [0.15, 0.2) is 22.7 Å². The first-order chi connectivity index (χ1) is 9.65. The summed E-state index contributed by atoms with van der Waals surface area (Å²) in [6, 6.07) is 7.15. The third kappa shape index (κ3) is 3.44. The van der Waals surface area contributed by atoms with E-state index in [4.69, 9.17) is 0 Å². The zero-order valence-electron chi connectivity index (χ0n) is 12.0. The number of hydrogen-bond donors (Lipinski definition) is 2. The summed E-state index contributed by atoms with van der Waals surface area (Å²) in [7, 11) is 0. The third-order valence-corrected chi connectivity index (χ3v) is 5.39. The lowest BCUT2D eigenvalue weighted by Crippen LogP contribution is -2.47. The minimum atomic E-state index is -0.446. The van der Waals surface area contributed by atoms with Crippen LogP contribution in [0.1, 0.15) is 49.7 Å². The smallest absolute Gasteiger partial charge is 0.0771 e. The molecule has 0 spiro atoms. The number of aryl methyl sites for hydroxylation is 1. The molecule has 2 N–H and O–H groups in total. The molecule has 0 bridgehead atoms. The van der Waals surface area contributed by atoms with Crippen LogP contribution in [0.5, 0.6) is 0 Å². The fraction of sp³-hybridized carbons (Fsp3) is 0.647. The van der Waals surface area contributed by atoms with E-state index in [1.54, 1.807) is 0 Å². The molecule has 1 unspecified atom stereocenters. The molecular formula is C17H24BrNO. The first-order valence-electron chi connectivity index (χ1n) is 7.88. The van der Waals surface area contributed by atoms with Crippen LogP contribution in [0, 0.1) is 0 Å². The highest BCUT2D eigenvalue weighted by Gasteiger charge is 2.30. The molecule has 0 saturated heterocycles. The van der Waals surface area contributed by atoms with Gasteiger partial charge in [0.05, 0.1) is 5.60 Å². The molecule has 1 aromatic carbocycles. The van der Waals surface area contributed by atoms with Gasteiger partial charge in [-0.2, -0.15) is 0 Å². The monoisotopic (exact) mass is 337 g/mol. The van der Waals surface area contributed by atoms with Gasteiger partial charge in [-0.25, -0.2) is 0 Å². The topological polar surface area (TPSA) is 32.3 Å². The predicted molar refractivity (Wildman–Crippen MR) is 86.0 cm³/mol. The van der Waals surface area contributed by atoms with E-state index < -0.39 is 5.60 Å². The standard InChI is InChI=1S/C17H24BrNO/c18-15-6-4-14-11-16(7-5-13(14)10-15)19-12-17(20)8-2-1-3-9-17/h4,6,10,16,19-20H,1-3,5,7-9,11-12H2. The number of rotatable bonds is 3. The molecule has 3 heteroatoms. The number of halogens is 1. The van der Waals surface area contributed by atoms with Gasteiger partial charge < -0.3 is 10.4 Å². The molecule has 1 saturated carbocycles. The summed E-state index contributed by atoms with van der Waals surface area (Å²) in [6.07, 6.45) is 9.00. The molecule has 0 heterocycles. The molecule has 1 atom stereocenters. The van der Waals surface area contributed by atoms with Gasteiger partial charge in [0.25, 0.3) is 0 Å². The second kappa shape index (κ2) is 6.17. The van der Waals surface area contributed by atoms with Gasteiger partial charge in [-0.1, -0.05) is 41.3 Å². The summed E-state index contributed by atoms with van der Waals surface area (Å²) in [4.78, 5) is 0. The van der Waals surface area contributed by atoms with E-state index in [1.165, 1.54) is 41.3 Å². The Kier molecular flexibility index (Phi) is 4.49. The quantitative estimate of drug-likeness (QED) is 0.883. The molecule has 0 aromatic heterocycles. The molecule has 2 nitrogen and oxygen atoms in total. The maximum absolute atomic E-state index is 10.6. The van der Waals surface area contributed by atoms with Gasteiger partial charge in [-0.15, -0.1) is 0 Å². The molecule has 1 aromatic rings. The van der Waals surface area contributed by atoms with Gasteiger partial charge in [-0.05, 0) is 55.4 Å². The van der Waals surface area contributed by atoms with Crippen LogP contribution in [0.25, 0.3) is 0 Å². The molecule has 0 radical (unpaired) electrons. The van der Waals surface area contributed by atoms with E-state index >= 15 is 0 Å². The Bertz CT molecular complexity index is 468. The summed E-state index contributed by atoms with van der Waals surface area (Å²) >= 11 is 3.55. The Labute approximate surface area is 130 Å². The van der Waals surface area contributed by atoms with Crippen LogP contribution in [-0.2, 0) is 12.8 Å². The van der Waals surface area contributed by atoms with E-state index in [9.17, 15) is 5.11 Å². The fourth-order valence-electron chi connectivity index (χ4n) is 3.62. The molecule has 110 valence electrons. The lowest BCUT2D eigenvalue weighted by molar-refractivity contribution is 0.00230. The number of aliphatic hydroxyl groups is 1. The van der Waals surface area contributed by atoms with Crippen LogP contribution < -0.4 is 5.32 Å². The van der Waals surface area contributed by atoms with Crippen LogP contribution in [-0.4, -0.2) is 23.3 Å². The second-order valence-electron chi connectivity index (χ2n) is 6.52. The van der Waals surface area contributed by atoms with E-state index in [0.29, 0.717) is 6.04 Å². The molecular weight excluding hydrogens is 314 g/mol. The summed E-state index contributed by atoms with van der Waals surface area (Å²) in [6.45, 7) is 0.767. The summed E-state index contributed by atoms with van der Waals surface area (Å²) in [5.74, 6) is 0. The van der Waals surface area contributed by atoms with Gasteiger partial charge in [-0.3, -0.25) is 0 Å². The van der Waals surface area contributed by atoms with Crippen LogP contribution >= 0.6 is 15.9 Å². The number of hydrogen-bond acceptors (Lipinski definition) is 2. The normalized spacial score (nSPS) is 25.2. The van der Waals surface area contributed by atoms with Crippen molar-refractivity contribution in [1.29, 1.82) is 0 Å². The zero-order chi connectivity index (χ0) is 14.0. The van der Waals surface area contributed by atoms with Gasteiger partial charge in [0.2, 0.25) is 0 Å². The van der Waals surface area contributed by atoms with E-state index in [2.05, 4.69) is 39.4 Å². The Morgan fingerprint density at radius 1 is 1.20 bits per heavy atom. The summed E-state index contributed by atoms with van der Waals surface area (Å²) in [5, 5.41) is 14.2. The Morgan fingerprint density at radius 3 is 2.80 bits per heavy atom. The Hall–Kier alpha value is -0.380. The van der Waals surface area contributed by atoms with E-state index in [1.807, 2.05) is 0 Å².